The predicted octanol–water partition coefficient (Wildman–Crippen LogP) is -0.527. The van der Waals surface area contributed by atoms with Crippen LogP contribution < -0.4 is 5.73 Å². The fraction of sp³-hybridized carbons (Fsp3) is 0.778. The van der Waals surface area contributed by atoms with Gasteiger partial charge in [0.05, 0.1) is 0 Å². The maximum atomic E-state index is 11.6. The van der Waals surface area contributed by atoms with Crippen molar-refractivity contribution in [2.45, 2.75) is 31.7 Å². The summed E-state index contributed by atoms with van der Waals surface area (Å²) < 4.78 is 0. The summed E-state index contributed by atoms with van der Waals surface area (Å²) in [7, 11) is 0. The van der Waals surface area contributed by atoms with E-state index in [9.17, 15) is 9.59 Å². The summed E-state index contributed by atoms with van der Waals surface area (Å²) in [5.74, 6) is -0.349. The molecule has 2 amide bonds. The number of hydrogen-bond acceptors (Lipinski definition) is 3. The molecule has 2 aliphatic rings. The fourth-order valence-corrected chi connectivity index (χ4v) is 2.20. The molecule has 2 heterocycles. The Morgan fingerprint density at radius 2 is 2.00 bits per heavy atom. The van der Waals surface area contributed by atoms with E-state index in [-0.39, 0.29) is 11.8 Å². The largest absolute Gasteiger partial charge is 0.368 e. The van der Waals surface area contributed by atoms with Gasteiger partial charge < -0.3 is 5.73 Å². The van der Waals surface area contributed by atoms with Crippen LogP contribution in [0.3, 0.4) is 0 Å². The number of hydrazine groups is 1. The molecule has 0 aromatic carbocycles. The third-order valence-electron chi connectivity index (χ3n) is 2.90. The topological polar surface area (TPSA) is 66.6 Å². The van der Waals surface area contributed by atoms with E-state index in [4.69, 9.17) is 5.73 Å². The average molecular weight is 197 g/mol. The molecule has 2 rings (SSSR count). The molecular weight excluding hydrogens is 182 g/mol. The number of nitrogens with two attached hydrogens (primary N) is 1. The van der Waals surface area contributed by atoms with Gasteiger partial charge in [0.25, 0.3) is 0 Å². The van der Waals surface area contributed by atoms with Crippen molar-refractivity contribution < 1.29 is 9.59 Å². The first-order valence-electron chi connectivity index (χ1n) is 5.06. The molecule has 2 saturated heterocycles. The van der Waals surface area contributed by atoms with Crippen molar-refractivity contribution in [3.05, 3.63) is 0 Å². The van der Waals surface area contributed by atoms with E-state index in [1.54, 1.807) is 5.01 Å². The normalized spacial score (nSPS) is 28.7. The lowest BCUT2D eigenvalue weighted by Crippen LogP contribution is -2.51. The maximum absolute atomic E-state index is 11.6. The molecular formula is C9H15N3O2. The highest BCUT2D eigenvalue weighted by Gasteiger charge is 2.39. The van der Waals surface area contributed by atoms with Gasteiger partial charge in [-0.25, -0.2) is 5.01 Å². The van der Waals surface area contributed by atoms with E-state index in [2.05, 4.69) is 0 Å². The molecule has 1 atom stereocenters. The van der Waals surface area contributed by atoms with Gasteiger partial charge in [0.1, 0.15) is 6.04 Å². The zero-order valence-electron chi connectivity index (χ0n) is 8.11. The van der Waals surface area contributed by atoms with Gasteiger partial charge in [-0.1, -0.05) is 0 Å². The minimum atomic E-state index is -0.402. The van der Waals surface area contributed by atoms with Crippen LogP contribution in [-0.2, 0) is 9.59 Å². The number of carbonyl (C=O) groups is 2. The van der Waals surface area contributed by atoms with Crippen LogP contribution in [0.15, 0.2) is 0 Å². The van der Waals surface area contributed by atoms with Gasteiger partial charge >= 0.3 is 0 Å². The molecule has 2 N–H and O–H groups in total. The maximum Gasteiger partial charge on any atom is 0.241 e. The second-order valence-corrected chi connectivity index (χ2v) is 3.86. The monoisotopic (exact) mass is 197 g/mol. The number of amides is 2. The summed E-state index contributed by atoms with van der Waals surface area (Å²) in [6, 6.07) is -0.402. The third kappa shape index (κ3) is 1.48. The Morgan fingerprint density at radius 3 is 2.57 bits per heavy atom. The van der Waals surface area contributed by atoms with E-state index >= 15 is 0 Å². The van der Waals surface area contributed by atoms with Crippen LogP contribution in [0, 0.1) is 0 Å². The molecule has 0 radical (unpaired) electrons. The van der Waals surface area contributed by atoms with Crippen molar-refractivity contribution in [3.63, 3.8) is 0 Å². The highest BCUT2D eigenvalue weighted by atomic mass is 16.2. The van der Waals surface area contributed by atoms with Gasteiger partial charge in [0.2, 0.25) is 11.8 Å². The third-order valence-corrected chi connectivity index (χ3v) is 2.90. The molecule has 0 aromatic heterocycles. The van der Waals surface area contributed by atoms with Crippen LogP contribution in [-0.4, -0.2) is 41.0 Å². The van der Waals surface area contributed by atoms with Crippen molar-refractivity contribution in [2.24, 2.45) is 5.73 Å². The molecule has 1 unspecified atom stereocenters. The van der Waals surface area contributed by atoms with Crippen LogP contribution in [0.4, 0.5) is 0 Å². The van der Waals surface area contributed by atoms with E-state index in [1.807, 2.05) is 5.01 Å². The Morgan fingerprint density at radius 1 is 1.36 bits per heavy atom. The molecule has 5 heteroatoms. The van der Waals surface area contributed by atoms with Gasteiger partial charge in [0.15, 0.2) is 0 Å². The van der Waals surface area contributed by atoms with Gasteiger partial charge in [-0.2, -0.15) is 0 Å². The second kappa shape index (κ2) is 3.57. The number of primary amides is 1. The van der Waals surface area contributed by atoms with Crippen molar-refractivity contribution in [3.8, 4) is 0 Å². The van der Waals surface area contributed by atoms with Crippen LogP contribution in [0.5, 0.6) is 0 Å². The highest BCUT2D eigenvalue weighted by Crippen LogP contribution is 2.23. The molecule has 2 fully saturated rings. The van der Waals surface area contributed by atoms with Crippen molar-refractivity contribution in [2.75, 3.05) is 13.1 Å². The van der Waals surface area contributed by atoms with E-state index in [1.165, 1.54) is 0 Å². The SMILES string of the molecule is NC(=O)C1CCC(=O)N1N1CCCC1. The van der Waals surface area contributed by atoms with Gasteiger partial charge in [0, 0.05) is 19.5 Å². The minimum Gasteiger partial charge on any atom is -0.368 e. The van der Waals surface area contributed by atoms with Crippen molar-refractivity contribution >= 4 is 11.8 Å². The zero-order chi connectivity index (χ0) is 10.1. The Kier molecular flexibility index (Phi) is 2.41. The summed E-state index contributed by atoms with van der Waals surface area (Å²) in [5.41, 5.74) is 5.26. The fourth-order valence-electron chi connectivity index (χ4n) is 2.20. The Balaban J connectivity index is 2.12. The van der Waals surface area contributed by atoms with Crippen molar-refractivity contribution in [1.29, 1.82) is 0 Å². The molecule has 0 aliphatic carbocycles. The molecule has 0 spiro atoms. The lowest BCUT2D eigenvalue weighted by Gasteiger charge is -2.31. The summed E-state index contributed by atoms with van der Waals surface area (Å²) in [6.07, 6.45) is 3.21. The Bertz CT molecular complexity index is 261. The van der Waals surface area contributed by atoms with E-state index < -0.39 is 6.04 Å². The average Bonchev–Trinajstić information content (AvgIpc) is 2.71. The minimum absolute atomic E-state index is 0.0377. The van der Waals surface area contributed by atoms with Crippen LogP contribution in [0.2, 0.25) is 0 Å². The van der Waals surface area contributed by atoms with Crippen LogP contribution >= 0.6 is 0 Å². The summed E-state index contributed by atoms with van der Waals surface area (Å²) in [4.78, 5) is 22.7. The Hall–Kier alpha value is -1.10. The van der Waals surface area contributed by atoms with Crippen LogP contribution in [0.25, 0.3) is 0 Å². The summed E-state index contributed by atoms with van der Waals surface area (Å²) in [6.45, 7) is 1.74. The molecule has 0 aromatic rings. The Labute approximate surface area is 82.8 Å². The number of rotatable bonds is 2. The highest BCUT2D eigenvalue weighted by molar-refractivity contribution is 5.89. The summed E-state index contributed by atoms with van der Waals surface area (Å²) in [5, 5.41) is 3.54. The van der Waals surface area contributed by atoms with Gasteiger partial charge in [-0.15, -0.1) is 0 Å². The molecule has 78 valence electrons. The first kappa shape index (κ1) is 9.45. The number of nitrogens with zero attached hydrogens (tertiary/aromatic N) is 2. The first-order valence-corrected chi connectivity index (χ1v) is 5.06. The predicted molar refractivity (Wildman–Crippen MR) is 49.9 cm³/mol. The molecule has 0 bridgehead atoms. The number of carbonyl (C=O) groups excluding carboxylic acids is 2. The second-order valence-electron chi connectivity index (χ2n) is 3.86. The van der Waals surface area contributed by atoms with E-state index in [0.717, 1.165) is 25.9 Å². The summed E-state index contributed by atoms with van der Waals surface area (Å²) >= 11 is 0. The smallest absolute Gasteiger partial charge is 0.241 e. The van der Waals surface area contributed by atoms with Gasteiger partial charge in [-0.05, 0) is 19.3 Å². The first-order chi connectivity index (χ1) is 6.70. The van der Waals surface area contributed by atoms with Crippen LogP contribution in [0.1, 0.15) is 25.7 Å². The lowest BCUT2D eigenvalue weighted by molar-refractivity contribution is -0.150. The van der Waals surface area contributed by atoms with E-state index in [0.29, 0.717) is 12.8 Å². The zero-order valence-corrected chi connectivity index (χ0v) is 8.11. The molecule has 14 heavy (non-hydrogen) atoms. The quantitative estimate of drug-likeness (QED) is 0.647. The molecule has 5 nitrogen and oxygen atoms in total. The van der Waals surface area contributed by atoms with Crippen molar-refractivity contribution in [1.82, 2.24) is 10.0 Å². The molecule has 2 aliphatic heterocycles. The lowest BCUT2D eigenvalue weighted by atomic mass is 10.2. The standard InChI is InChI=1S/C9H15N3O2/c10-9(14)7-3-4-8(13)12(7)11-5-1-2-6-11/h7H,1-6H2,(H2,10,14). The van der Waals surface area contributed by atoms with Gasteiger partial charge in [-0.3, -0.25) is 14.6 Å². The molecule has 0 saturated carbocycles. The number of hydrogen-bond donors (Lipinski definition) is 1.